The first-order chi connectivity index (χ1) is 6.59. The van der Waals surface area contributed by atoms with Crippen molar-refractivity contribution >= 4 is 38.9 Å². The van der Waals surface area contributed by atoms with Crippen molar-refractivity contribution in [3.63, 3.8) is 0 Å². The molecule has 74 valence electrons. The molecule has 1 aromatic rings. The number of benzene rings is 1. The molecule has 0 radical (unpaired) electrons. The third-order valence-corrected chi connectivity index (χ3v) is 3.60. The smallest absolute Gasteiger partial charge is 0.0896 e. The molecule has 1 aliphatic rings. The van der Waals surface area contributed by atoms with E-state index in [2.05, 4.69) is 20.9 Å². The van der Waals surface area contributed by atoms with Gasteiger partial charge in [-0.25, -0.2) is 0 Å². The lowest BCUT2D eigenvalue weighted by atomic mass is 10.1. The Balaban J connectivity index is 2.45. The molecule has 0 unspecified atom stereocenters. The molecular formula is C10H9BrClNO. The number of aliphatic hydroxyl groups excluding tert-OH is 1. The van der Waals surface area contributed by atoms with Crippen LogP contribution in [0.3, 0.4) is 0 Å². The van der Waals surface area contributed by atoms with E-state index in [4.69, 9.17) is 11.6 Å². The Bertz CT molecular complexity index is 415. The summed E-state index contributed by atoms with van der Waals surface area (Å²) in [6.45, 7) is 1.72. The Labute approximate surface area is 95.7 Å². The van der Waals surface area contributed by atoms with Gasteiger partial charge in [0.2, 0.25) is 0 Å². The predicted molar refractivity (Wildman–Crippen MR) is 61.6 cm³/mol. The highest BCUT2D eigenvalue weighted by molar-refractivity contribution is 9.10. The first-order valence-electron chi connectivity index (χ1n) is 4.32. The Hall–Kier alpha value is -0.380. The highest BCUT2D eigenvalue weighted by atomic mass is 79.9. The van der Waals surface area contributed by atoms with Gasteiger partial charge in [-0.2, -0.15) is 0 Å². The van der Waals surface area contributed by atoms with Gasteiger partial charge in [0.15, 0.2) is 0 Å². The normalized spacial score (nSPS) is 16.4. The van der Waals surface area contributed by atoms with Crippen LogP contribution >= 0.6 is 27.5 Å². The number of fused-ring (bicyclic) bond motifs is 1. The number of aliphatic imine (C=N–C) groups is 1. The summed E-state index contributed by atoms with van der Waals surface area (Å²) < 4.78 is 0.875. The maximum atomic E-state index is 9.40. The van der Waals surface area contributed by atoms with Crippen LogP contribution in [0, 0.1) is 0 Å². The van der Waals surface area contributed by atoms with E-state index in [0.29, 0.717) is 11.4 Å². The molecule has 1 aromatic carbocycles. The van der Waals surface area contributed by atoms with E-state index in [1.54, 1.807) is 6.92 Å². The van der Waals surface area contributed by atoms with E-state index in [0.717, 1.165) is 21.4 Å². The van der Waals surface area contributed by atoms with Crippen LogP contribution in [-0.4, -0.2) is 16.9 Å². The third kappa shape index (κ3) is 1.60. The minimum atomic E-state index is -0.503. The number of aliphatic hydroxyl groups is 1. The lowest BCUT2D eigenvalue weighted by molar-refractivity contribution is 0.261. The van der Waals surface area contributed by atoms with Crippen molar-refractivity contribution in [2.24, 2.45) is 4.99 Å². The van der Waals surface area contributed by atoms with E-state index in [1.165, 1.54) is 0 Å². The predicted octanol–water partition coefficient (Wildman–Crippen LogP) is 3.11. The van der Waals surface area contributed by atoms with Crippen LogP contribution in [0.4, 0.5) is 5.69 Å². The number of hydrogen-bond acceptors (Lipinski definition) is 2. The van der Waals surface area contributed by atoms with E-state index in [-0.39, 0.29) is 0 Å². The monoisotopic (exact) mass is 273 g/mol. The number of halogens is 2. The third-order valence-electron chi connectivity index (χ3n) is 2.28. The molecular weight excluding hydrogens is 265 g/mol. The fourth-order valence-electron chi connectivity index (χ4n) is 1.47. The summed E-state index contributed by atoms with van der Waals surface area (Å²) >= 11 is 9.47. The van der Waals surface area contributed by atoms with Crippen molar-refractivity contribution in [2.75, 3.05) is 0 Å². The molecule has 1 atom stereocenters. The molecule has 1 N–H and O–H groups in total. The van der Waals surface area contributed by atoms with Crippen LogP contribution in [-0.2, 0) is 6.42 Å². The maximum absolute atomic E-state index is 9.40. The molecule has 0 bridgehead atoms. The van der Waals surface area contributed by atoms with Gasteiger partial charge in [-0.3, -0.25) is 4.99 Å². The number of nitrogens with zero attached hydrogens (tertiary/aromatic N) is 1. The van der Waals surface area contributed by atoms with Gasteiger partial charge in [-0.15, -0.1) is 0 Å². The van der Waals surface area contributed by atoms with Gasteiger partial charge in [0.05, 0.1) is 22.5 Å². The highest BCUT2D eigenvalue weighted by Gasteiger charge is 2.21. The number of rotatable bonds is 1. The van der Waals surface area contributed by atoms with Crippen LogP contribution < -0.4 is 0 Å². The summed E-state index contributed by atoms with van der Waals surface area (Å²) in [6.07, 6.45) is 0.142. The Morgan fingerprint density at radius 1 is 1.57 bits per heavy atom. The molecule has 0 aliphatic carbocycles. The van der Waals surface area contributed by atoms with Gasteiger partial charge < -0.3 is 5.11 Å². The summed E-state index contributed by atoms with van der Waals surface area (Å²) in [4.78, 5) is 4.31. The van der Waals surface area contributed by atoms with Gasteiger partial charge in [0.1, 0.15) is 0 Å². The molecule has 2 nitrogen and oxygen atoms in total. The quantitative estimate of drug-likeness (QED) is 0.838. The molecule has 0 spiro atoms. The van der Waals surface area contributed by atoms with Gasteiger partial charge in [0, 0.05) is 16.5 Å². The summed E-state index contributed by atoms with van der Waals surface area (Å²) in [7, 11) is 0. The molecule has 1 heterocycles. The van der Waals surface area contributed by atoms with Gasteiger partial charge in [-0.1, -0.05) is 11.6 Å². The van der Waals surface area contributed by atoms with Crippen molar-refractivity contribution in [2.45, 2.75) is 19.4 Å². The van der Waals surface area contributed by atoms with Gasteiger partial charge in [-0.05, 0) is 35.0 Å². The zero-order chi connectivity index (χ0) is 10.3. The van der Waals surface area contributed by atoms with Crippen molar-refractivity contribution in [3.05, 3.63) is 27.2 Å². The molecule has 0 saturated heterocycles. The standard InChI is InChI=1S/C10H9BrClNO/c1-5(14)9-4-6-8(13-9)3-2-7(11)10(6)12/h2-3,5,14H,4H2,1H3/t5-/m0/s1. The van der Waals surface area contributed by atoms with Crippen molar-refractivity contribution < 1.29 is 5.11 Å². The Morgan fingerprint density at radius 3 is 2.93 bits per heavy atom. The highest BCUT2D eigenvalue weighted by Crippen LogP contribution is 2.37. The minimum absolute atomic E-state index is 0.503. The van der Waals surface area contributed by atoms with Gasteiger partial charge >= 0.3 is 0 Å². The van der Waals surface area contributed by atoms with Crippen LogP contribution in [0.2, 0.25) is 5.02 Å². The molecule has 2 rings (SSSR count). The van der Waals surface area contributed by atoms with Crippen molar-refractivity contribution in [1.82, 2.24) is 0 Å². The van der Waals surface area contributed by atoms with Crippen LogP contribution in [0.15, 0.2) is 21.6 Å². The van der Waals surface area contributed by atoms with Gasteiger partial charge in [0.25, 0.3) is 0 Å². The Kier molecular flexibility index (Phi) is 2.64. The summed E-state index contributed by atoms with van der Waals surface area (Å²) in [6, 6.07) is 3.77. The summed E-state index contributed by atoms with van der Waals surface area (Å²) in [5.74, 6) is 0. The van der Waals surface area contributed by atoms with Crippen molar-refractivity contribution in [3.8, 4) is 0 Å². The lowest BCUT2D eigenvalue weighted by Gasteiger charge is -2.03. The molecule has 4 heteroatoms. The van der Waals surface area contributed by atoms with Crippen molar-refractivity contribution in [1.29, 1.82) is 0 Å². The fourth-order valence-corrected chi connectivity index (χ4v) is 2.07. The average molecular weight is 275 g/mol. The lowest BCUT2D eigenvalue weighted by Crippen LogP contribution is -2.15. The SMILES string of the molecule is C[C@H](O)C1=Nc2ccc(Br)c(Cl)c2C1. The molecule has 14 heavy (non-hydrogen) atoms. The van der Waals surface area contributed by atoms with Crippen LogP contribution in [0.5, 0.6) is 0 Å². The Morgan fingerprint density at radius 2 is 2.29 bits per heavy atom. The molecule has 1 aliphatic heterocycles. The van der Waals surface area contributed by atoms with E-state index in [9.17, 15) is 5.11 Å². The van der Waals surface area contributed by atoms with Crippen LogP contribution in [0.1, 0.15) is 12.5 Å². The second kappa shape index (κ2) is 3.65. The van der Waals surface area contributed by atoms with E-state index >= 15 is 0 Å². The van der Waals surface area contributed by atoms with E-state index in [1.807, 2.05) is 12.1 Å². The zero-order valence-electron chi connectivity index (χ0n) is 7.59. The molecule has 0 saturated carbocycles. The first-order valence-corrected chi connectivity index (χ1v) is 5.49. The molecule has 0 aromatic heterocycles. The fraction of sp³-hybridized carbons (Fsp3) is 0.300. The van der Waals surface area contributed by atoms with Crippen LogP contribution in [0.25, 0.3) is 0 Å². The topological polar surface area (TPSA) is 32.6 Å². The van der Waals surface area contributed by atoms with E-state index < -0.39 is 6.10 Å². The largest absolute Gasteiger partial charge is 0.387 e. The molecule has 0 amide bonds. The zero-order valence-corrected chi connectivity index (χ0v) is 9.93. The average Bonchev–Trinajstić information content (AvgIpc) is 2.56. The second-order valence-corrected chi connectivity index (χ2v) is 4.55. The minimum Gasteiger partial charge on any atom is -0.387 e. The maximum Gasteiger partial charge on any atom is 0.0896 e. The summed E-state index contributed by atoms with van der Waals surface area (Å²) in [5, 5.41) is 10.1. The first kappa shape index (κ1) is 10.1. The number of hydrogen-bond donors (Lipinski definition) is 1. The molecule has 0 fully saturated rings. The summed E-state index contributed by atoms with van der Waals surface area (Å²) in [5.41, 5.74) is 2.64. The second-order valence-electron chi connectivity index (χ2n) is 3.31.